The summed E-state index contributed by atoms with van der Waals surface area (Å²) in [5, 5.41) is 0. The Morgan fingerprint density at radius 2 is 1.42 bits per heavy atom. The molecule has 0 N–H and O–H groups in total. The third-order valence-electron chi connectivity index (χ3n) is 6.23. The minimum atomic E-state index is -0.0962. The van der Waals surface area contributed by atoms with Gasteiger partial charge in [-0.2, -0.15) is 0 Å². The van der Waals surface area contributed by atoms with E-state index in [-0.39, 0.29) is 18.0 Å². The van der Waals surface area contributed by atoms with Crippen LogP contribution in [0.4, 0.5) is 0 Å². The predicted molar refractivity (Wildman–Crippen MR) is 127 cm³/mol. The molecular formula is C28H38O3. The van der Waals surface area contributed by atoms with Crippen LogP contribution in [0.25, 0.3) is 11.1 Å². The van der Waals surface area contributed by atoms with E-state index in [0.717, 1.165) is 55.6 Å². The van der Waals surface area contributed by atoms with Crippen LogP contribution in [0.15, 0.2) is 48.5 Å². The number of ether oxygens (including phenoxy) is 2. The van der Waals surface area contributed by atoms with Gasteiger partial charge in [-0.3, -0.25) is 4.79 Å². The fourth-order valence-electron chi connectivity index (χ4n) is 4.24. The second-order valence-corrected chi connectivity index (χ2v) is 8.76. The van der Waals surface area contributed by atoms with E-state index in [2.05, 4.69) is 62.4 Å². The maximum atomic E-state index is 12.1. The molecule has 168 valence electrons. The maximum absolute atomic E-state index is 12.1. The van der Waals surface area contributed by atoms with Crippen LogP contribution in [-0.2, 0) is 9.53 Å². The van der Waals surface area contributed by atoms with Gasteiger partial charge in [0.2, 0.25) is 0 Å². The summed E-state index contributed by atoms with van der Waals surface area (Å²) in [7, 11) is 0. The number of carbonyl (C=O) groups is 1. The summed E-state index contributed by atoms with van der Waals surface area (Å²) in [6.07, 6.45) is 11.5. The van der Waals surface area contributed by atoms with Crippen LogP contribution in [-0.4, -0.2) is 12.6 Å². The van der Waals surface area contributed by atoms with Crippen molar-refractivity contribution >= 4 is 5.97 Å². The zero-order valence-corrected chi connectivity index (χ0v) is 19.3. The van der Waals surface area contributed by atoms with E-state index in [1.54, 1.807) is 0 Å². The highest BCUT2D eigenvalue weighted by molar-refractivity contribution is 5.75. The molecule has 2 atom stereocenters. The summed E-state index contributed by atoms with van der Waals surface area (Å²) in [4.78, 5) is 12.1. The minimum absolute atomic E-state index is 0.0286. The second-order valence-electron chi connectivity index (χ2n) is 8.76. The molecular weight excluding hydrogens is 384 g/mol. The highest BCUT2D eigenvalue weighted by Gasteiger charge is 2.34. The van der Waals surface area contributed by atoms with Crippen molar-refractivity contribution < 1.29 is 14.3 Å². The van der Waals surface area contributed by atoms with Crippen LogP contribution in [0.1, 0.15) is 89.7 Å². The summed E-state index contributed by atoms with van der Waals surface area (Å²) >= 11 is 0. The summed E-state index contributed by atoms with van der Waals surface area (Å²) < 4.78 is 11.5. The Hall–Kier alpha value is -2.29. The van der Waals surface area contributed by atoms with E-state index in [1.807, 2.05) is 0 Å². The summed E-state index contributed by atoms with van der Waals surface area (Å²) in [5.41, 5.74) is 3.43. The van der Waals surface area contributed by atoms with Crippen LogP contribution in [0.5, 0.6) is 5.75 Å². The van der Waals surface area contributed by atoms with Gasteiger partial charge in [0.15, 0.2) is 0 Å². The number of rotatable bonds is 13. The van der Waals surface area contributed by atoms with Gasteiger partial charge < -0.3 is 9.47 Å². The number of benzene rings is 2. The molecule has 2 aromatic carbocycles. The van der Waals surface area contributed by atoms with Crippen molar-refractivity contribution in [1.29, 1.82) is 0 Å². The largest absolute Gasteiger partial charge is 0.494 e. The average molecular weight is 423 g/mol. The average Bonchev–Trinajstić information content (AvgIpc) is 3.18. The van der Waals surface area contributed by atoms with E-state index in [1.165, 1.54) is 37.7 Å². The summed E-state index contributed by atoms with van der Waals surface area (Å²) in [5.74, 6) is 0.970. The molecule has 0 aromatic heterocycles. The smallest absolute Gasteiger partial charge is 0.309 e. The quantitative estimate of drug-likeness (QED) is 0.243. The van der Waals surface area contributed by atoms with Gasteiger partial charge in [0.05, 0.1) is 12.5 Å². The first kappa shape index (κ1) is 23.4. The van der Waals surface area contributed by atoms with Crippen molar-refractivity contribution in [1.82, 2.24) is 0 Å². The predicted octanol–water partition coefficient (Wildman–Crippen LogP) is 7.89. The highest BCUT2D eigenvalue weighted by Crippen LogP contribution is 2.36. The van der Waals surface area contributed by atoms with Gasteiger partial charge in [-0.25, -0.2) is 0 Å². The molecule has 1 heterocycles. The molecule has 0 amide bonds. The number of esters is 1. The Morgan fingerprint density at radius 3 is 2.10 bits per heavy atom. The van der Waals surface area contributed by atoms with Gasteiger partial charge in [0.1, 0.15) is 11.9 Å². The molecule has 1 saturated heterocycles. The van der Waals surface area contributed by atoms with Crippen LogP contribution >= 0.6 is 0 Å². The lowest BCUT2D eigenvalue weighted by atomic mass is 9.94. The summed E-state index contributed by atoms with van der Waals surface area (Å²) in [6.45, 7) is 5.20. The molecule has 3 heteroatoms. The Morgan fingerprint density at radius 1 is 0.806 bits per heavy atom. The van der Waals surface area contributed by atoms with Gasteiger partial charge in [0.25, 0.3) is 0 Å². The molecule has 0 radical (unpaired) electrons. The van der Waals surface area contributed by atoms with Crippen molar-refractivity contribution in [3.63, 3.8) is 0 Å². The van der Waals surface area contributed by atoms with Crippen molar-refractivity contribution in [3.05, 3.63) is 54.1 Å². The van der Waals surface area contributed by atoms with Crippen molar-refractivity contribution in [2.24, 2.45) is 5.92 Å². The normalized spacial score (nSPS) is 18.2. The van der Waals surface area contributed by atoms with Gasteiger partial charge in [-0.15, -0.1) is 0 Å². The SMILES string of the molecule is CCCCCCCCOc1ccc(-c2ccc(C3CC(CCCC)C(=O)O3)cc2)cc1. The Bertz CT molecular complexity index is 779. The van der Waals surface area contributed by atoms with Gasteiger partial charge >= 0.3 is 5.97 Å². The third kappa shape index (κ3) is 7.12. The van der Waals surface area contributed by atoms with Crippen LogP contribution < -0.4 is 4.74 Å². The van der Waals surface area contributed by atoms with Gasteiger partial charge in [-0.05, 0) is 41.7 Å². The summed E-state index contributed by atoms with van der Waals surface area (Å²) in [6, 6.07) is 16.8. The number of carbonyl (C=O) groups excluding carboxylic acids is 1. The fraction of sp³-hybridized carbons (Fsp3) is 0.536. The molecule has 2 unspecified atom stereocenters. The zero-order chi connectivity index (χ0) is 21.9. The van der Waals surface area contributed by atoms with E-state index in [0.29, 0.717) is 0 Å². The Labute approximate surface area is 188 Å². The Balaban J connectivity index is 1.47. The van der Waals surface area contributed by atoms with E-state index in [4.69, 9.17) is 9.47 Å². The first-order chi connectivity index (χ1) is 15.2. The Kier molecular flexibility index (Phi) is 9.45. The van der Waals surface area contributed by atoms with Crippen molar-refractivity contribution in [2.75, 3.05) is 6.61 Å². The van der Waals surface area contributed by atoms with Crippen LogP contribution in [0.2, 0.25) is 0 Å². The lowest BCUT2D eigenvalue weighted by molar-refractivity contribution is -0.144. The van der Waals surface area contributed by atoms with Crippen molar-refractivity contribution in [3.8, 4) is 16.9 Å². The molecule has 3 rings (SSSR count). The molecule has 0 spiro atoms. The molecule has 0 aliphatic carbocycles. The zero-order valence-electron chi connectivity index (χ0n) is 19.3. The van der Waals surface area contributed by atoms with Gasteiger partial charge in [0, 0.05) is 6.42 Å². The topological polar surface area (TPSA) is 35.5 Å². The third-order valence-corrected chi connectivity index (χ3v) is 6.23. The number of hydrogen-bond acceptors (Lipinski definition) is 3. The molecule has 3 nitrogen and oxygen atoms in total. The standard InChI is InChI=1S/C28H38O3/c1-3-5-7-8-9-10-20-30-26-18-16-23(17-19-26)22-12-14-24(15-13-22)27-21-25(11-6-4-2)28(29)31-27/h12-19,25,27H,3-11,20-21H2,1-2H3. The molecule has 1 fully saturated rings. The highest BCUT2D eigenvalue weighted by atomic mass is 16.6. The van der Waals surface area contributed by atoms with E-state index in [9.17, 15) is 4.79 Å². The molecule has 31 heavy (non-hydrogen) atoms. The van der Waals surface area contributed by atoms with Gasteiger partial charge in [-0.1, -0.05) is 95.2 Å². The molecule has 0 bridgehead atoms. The first-order valence-corrected chi connectivity index (χ1v) is 12.2. The van der Waals surface area contributed by atoms with E-state index < -0.39 is 0 Å². The fourth-order valence-corrected chi connectivity index (χ4v) is 4.24. The second kappa shape index (κ2) is 12.5. The number of unbranched alkanes of at least 4 members (excludes halogenated alkanes) is 6. The molecule has 1 aliphatic heterocycles. The molecule has 1 aliphatic rings. The lowest BCUT2D eigenvalue weighted by Gasteiger charge is -2.11. The molecule has 0 saturated carbocycles. The van der Waals surface area contributed by atoms with E-state index >= 15 is 0 Å². The van der Waals surface area contributed by atoms with Crippen LogP contribution in [0.3, 0.4) is 0 Å². The number of hydrogen-bond donors (Lipinski definition) is 0. The number of cyclic esters (lactones) is 1. The minimum Gasteiger partial charge on any atom is -0.494 e. The first-order valence-electron chi connectivity index (χ1n) is 12.2. The lowest BCUT2D eigenvalue weighted by Crippen LogP contribution is -2.06. The van der Waals surface area contributed by atoms with Crippen LogP contribution in [0, 0.1) is 5.92 Å². The van der Waals surface area contributed by atoms with Crippen molar-refractivity contribution in [2.45, 2.75) is 84.2 Å². The monoisotopic (exact) mass is 422 g/mol. The molecule has 2 aromatic rings. The maximum Gasteiger partial charge on any atom is 0.309 e.